The number of halogens is 1. The first-order valence-electron chi connectivity index (χ1n) is 8.61. The average molecular weight is 323 g/mol. The van der Waals surface area contributed by atoms with Crippen LogP contribution < -0.4 is 10.1 Å². The van der Waals surface area contributed by atoms with E-state index in [9.17, 15) is 4.39 Å². The van der Waals surface area contributed by atoms with Gasteiger partial charge in [0, 0.05) is 11.6 Å². The minimum absolute atomic E-state index is 0.168. The number of hydrogen-bond acceptors (Lipinski definition) is 2. The second-order valence-electron chi connectivity index (χ2n) is 6.94. The van der Waals surface area contributed by atoms with Crippen LogP contribution in [0.4, 0.5) is 10.1 Å². The van der Waals surface area contributed by atoms with Gasteiger partial charge in [0.05, 0.1) is 12.1 Å². The zero-order valence-electron chi connectivity index (χ0n) is 14.0. The molecule has 2 nitrogen and oxygen atoms in total. The Morgan fingerprint density at radius 1 is 1.12 bits per heavy atom. The van der Waals surface area contributed by atoms with E-state index >= 15 is 0 Å². The summed E-state index contributed by atoms with van der Waals surface area (Å²) in [7, 11) is 0. The summed E-state index contributed by atoms with van der Waals surface area (Å²) in [6, 6.07) is 13.4. The number of nitrogens with one attached hydrogen (secondary N) is 1. The van der Waals surface area contributed by atoms with Gasteiger partial charge in [-0.15, -0.1) is 0 Å². The maximum absolute atomic E-state index is 13.3. The Kier molecular flexibility index (Phi) is 3.79. The van der Waals surface area contributed by atoms with Gasteiger partial charge in [0.2, 0.25) is 0 Å². The van der Waals surface area contributed by atoms with Gasteiger partial charge in [0.15, 0.2) is 0 Å². The molecule has 1 aliphatic carbocycles. The summed E-state index contributed by atoms with van der Waals surface area (Å²) < 4.78 is 19.1. The molecular weight excluding hydrogens is 301 g/mol. The first-order valence-corrected chi connectivity index (χ1v) is 8.61. The van der Waals surface area contributed by atoms with E-state index in [2.05, 4.69) is 29.6 Å². The molecule has 1 aliphatic heterocycles. The van der Waals surface area contributed by atoms with E-state index in [1.807, 2.05) is 32.0 Å². The highest BCUT2D eigenvalue weighted by atomic mass is 19.1. The molecule has 4 rings (SSSR count). The Bertz CT molecular complexity index is 766. The van der Waals surface area contributed by atoms with Gasteiger partial charge in [-0.3, -0.25) is 0 Å². The van der Waals surface area contributed by atoms with E-state index < -0.39 is 0 Å². The molecule has 2 aliphatic rings. The summed E-state index contributed by atoms with van der Waals surface area (Å²) in [4.78, 5) is 0. The summed E-state index contributed by atoms with van der Waals surface area (Å²) >= 11 is 0. The molecule has 0 bridgehead atoms. The summed E-state index contributed by atoms with van der Waals surface area (Å²) in [5, 5.41) is 3.67. The fourth-order valence-electron chi connectivity index (χ4n) is 3.92. The van der Waals surface area contributed by atoms with Crippen molar-refractivity contribution in [3.63, 3.8) is 0 Å². The van der Waals surface area contributed by atoms with E-state index in [-0.39, 0.29) is 18.0 Å². The van der Waals surface area contributed by atoms with Crippen LogP contribution in [-0.4, -0.2) is 6.10 Å². The van der Waals surface area contributed by atoms with E-state index in [0.29, 0.717) is 11.8 Å². The smallest absolute Gasteiger partial charge is 0.123 e. The van der Waals surface area contributed by atoms with Crippen molar-refractivity contribution in [2.75, 3.05) is 5.32 Å². The predicted octanol–water partition coefficient (Wildman–Crippen LogP) is 5.44. The SMILES string of the molecule is CC(C)Oc1ccc2c(c1)C1C=CCC1C(c1ccc(F)cc1)N2. The van der Waals surface area contributed by atoms with E-state index in [1.165, 1.54) is 5.56 Å². The third-order valence-electron chi connectivity index (χ3n) is 4.94. The fraction of sp³-hybridized carbons (Fsp3) is 0.333. The summed E-state index contributed by atoms with van der Waals surface area (Å²) in [5.41, 5.74) is 3.58. The lowest BCUT2D eigenvalue weighted by Crippen LogP contribution is -2.29. The summed E-state index contributed by atoms with van der Waals surface area (Å²) in [6.07, 6.45) is 5.77. The molecule has 0 radical (unpaired) electrons. The van der Waals surface area contributed by atoms with Gasteiger partial charge in [0.25, 0.3) is 0 Å². The minimum atomic E-state index is -0.188. The van der Waals surface area contributed by atoms with Crippen molar-refractivity contribution in [2.45, 2.75) is 38.3 Å². The number of benzene rings is 2. The molecule has 0 spiro atoms. The number of rotatable bonds is 3. The molecule has 0 saturated carbocycles. The van der Waals surface area contributed by atoms with Crippen molar-refractivity contribution in [1.29, 1.82) is 0 Å². The van der Waals surface area contributed by atoms with Crippen molar-refractivity contribution in [3.8, 4) is 5.75 Å². The number of allylic oxidation sites excluding steroid dienone is 2. The van der Waals surface area contributed by atoms with Crippen LogP contribution in [0.15, 0.2) is 54.6 Å². The topological polar surface area (TPSA) is 21.3 Å². The first-order chi connectivity index (χ1) is 11.6. The van der Waals surface area contributed by atoms with Gasteiger partial charge in [-0.05, 0) is 67.6 Å². The lowest BCUT2D eigenvalue weighted by Gasteiger charge is -2.37. The second kappa shape index (κ2) is 5.97. The molecule has 2 aromatic rings. The lowest BCUT2D eigenvalue weighted by molar-refractivity contribution is 0.242. The molecule has 3 heteroatoms. The molecule has 2 aromatic carbocycles. The Morgan fingerprint density at radius 3 is 2.67 bits per heavy atom. The zero-order chi connectivity index (χ0) is 16.7. The molecule has 0 fully saturated rings. The van der Waals surface area contributed by atoms with Crippen LogP contribution >= 0.6 is 0 Å². The van der Waals surface area contributed by atoms with Crippen molar-refractivity contribution in [2.24, 2.45) is 5.92 Å². The van der Waals surface area contributed by atoms with Crippen molar-refractivity contribution >= 4 is 5.69 Å². The maximum Gasteiger partial charge on any atom is 0.123 e. The molecule has 0 amide bonds. The quantitative estimate of drug-likeness (QED) is 0.759. The Morgan fingerprint density at radius 2 is 1.92 bits per heavy atom. The molecule has 0 saturated heterocycles. The lowest BCUT2D eigenvalue weighted by atomic mass is 9.77. The highest BCUT2D eigenvalue weighted by molar-refractivity contribution is 5.61. The normalized spacial score (nSPS) is 24.4. The van der Waals surface area contributed by atoms with Crippen LogP contribution in [0.25, 0.3) is 0 Å². The highest BCUT2D eigenvalue weighted by Crippen LogP contribution is 2.50. The Hall–Kier alpha value is -2.29. The largest absolute Gasteiger partial charge is 0.491 e. The van der Waals surface area contributed by atoms with Crippen LogP contribution in [-0.2, 0) is 0 Å². The first kappa shape index (κ1) is 15.3. The van der Waals surface area contributed by atoms with Crippen molar-refractivity contribution in [1.82, 2.24) is 0 Å². The van der Waals surface area contributed by atoms with Gasteiger partial charge in [0.1, 0.15) is 11.6 Å². The molecule has 3 atom stereocenters. The molecule has 24 heavy (non-hydrogen) atoms. The number of anilines is 1. The molecule has 3 unspecified atom stereocenters. The van der Waals surface area contributed by atoms with Crippen LogP contribution in [0.3, 0.4) is 0 Å². The van der Waals surface area contributed by atoms with Crippen LogP contribution in [0.2, 0.25) is 0 Å². The van der Waals surface area contributed by atoms with Crippen molar-refractivity contribution in [3.05, 3.63) is 71.6 Å². The molecular formula is C21H22FNO. The van der Waals surface area contributed by atoms with Gasteiger partial charge in [-0.1, -0.05) is 24.3 Å². The highest BCUT2D eigenvalue weighted by Gasteiger charge is 2.38. The fourth-order valence-corrected chi connectivity index (χ4v) is 3.92. The second-order valence-corrected chi connectivity index (χ2v) is 6.94. The van der Waals surface area contributed by atoms with E-state index in [4.69, 9.17) is 4.74 Å². The molecule has 124 valence electrons. The third-order valence-corrected chi connectivity index (χ3v) is 4.94. The summed E-state index contributed by atoms with van der Waals surface area (Å²) in [6.45, 7) is 4.08. The van der Waals surface area contributed by atoms with Crippen LogP contribution in [0, 0.1) is 11.7 Å². The number of hydrogen-bond donors (Lipinski definition) is 1. The third kappa shape index (κ3) is 2.68. The van der Waals surface area contributed by atoms with Crippen LogP contribution in [0.5, 0.6) is 5.75 Å². The minimum Gasteiger partial charge on any atom is -0.491 e. The number of fused-ring (bicyclic) bond motifs is 3. The summed E-state index contributed by atoms with van der Waals surface area (Å²) in [5.74, 6) is 1.57. The zero-order valence-corrected chi connectivity index (χ0v) is 14.0. The molecule has 1 heterocycles. The Balaban J connectivity index is 1.70. The van der Waals surface area contributed by atoms with Gasteiger partial charge >= 0.3 is 0 Å². The van der Waals surface area contributed by atoms with Crippen LogP contribution in [0.1, 0.15) is 43.4 Å². The predicted molar refractivity (Wildman–Crippen MR) is 95.0 cm³/mol. The average Bonchev–Trinajstić information content (AvgIpc) is 3.04. The maximum atomic E-state index is 13.3. The van der Waals surface area contributed by atoms with Gasteiger partial charge < -0.3 is 10.1 Å². The number of ether oxygens (including phenoxy) is 1. The van der Waals surface area contributed by atoms with Gasteiger partial charge in [-0.25, -0.2) is 4.39 Å². The van der Waals surface area contributed by atoms with E-state index in [0.717, 1.165) is 23.4 Å². The monoisotopic (exact) mass is 323 g/mol. The van der Waals surface area contributed by atoms with Crippen molar-refractivity contribution < 1.29 is 9.13 Å². The molecule has 0 aromatic heterocycles. The molecule has 1 N–H and O–H groups in total. The van der Waals surface area contributed by atoms with E-state index in [1.54, 1.807) is 12.1 Å². The van der Waals surface area contributed by atoms with Gasteiger partial charge in [-0.2, -0.15) is 0 Å². The standard InChI is InChI=1S/C21H22FNO/c1-13(2)24-16-10-11-20-19(12-16)17-4-3-5-18(17)21(23-20)14-6-8-15(22)9-7-14/h3-4,6-13,17-18,21,23H,5H2,1-2H3. The Labute approximate surface area is 142 Å².